The van der Waals surface area contributed by atoms with Gasteiger partial charge in [-0.05, 0) is 83.2 Å². The molecule has 0 saturated heterocycles. The number of ether oxygens (including phenoxy) is 2. The molecule has 0 N–H and O–H groups in total. The molecule has 0 bridgehead atoms. The van der Waals surface area contributed by atoms with Crippen LogP contribution in [-0.4, -0.2) is 22.5 Å². The van der Waals surface area contributed by atoms with Gasteiger partial charge in [0.2, 0.25) is 0 Å². The zero-order valence-electron chi connectivity index (χ0n) is 24.3. The third-order valence-corrected chi connectivity index (χ3v) is 7.64. The fourth-order valence-corrected chi connectivity index (χ4v) is 5.06. The number of nitrogens with zero attached hydrogens (tertiary/aromatic N) is 2. The third kappa shape index (κ3) is 11.4. The van der Waals surface area contributed by atoms with Gasteiger partial charge in [0.25, 0.3) is 0 Å². The highest BCUT2D eigenvalue weighted by molar-refractivity contribution is 9.10. The number of aryl methyl sites for hydroxylation is 1. The maximum Gasteiger partial charge on any atom is 0.343 e. The number of hydrogen-bond acceptors (Lipinski definition) is 5. The lowest BCUT2D eigenvalue weighted by Crippen LogP contribution is -2.09. The van der Waals surface area contributed by atoms with E-state index in [-0.39, 0.29) is 0 Å². The molecule has 0 fully saturated rings. The van der Waals surface area contributed by atoms with Crippen molar-refractivity contribution >= 4 is 21.9 Å². The number of rotatable bonds is 19. The fourth-order valence-electron chi connectivity index (χ4n) is 4.57. The van der Waals surface area contributed by atoms with Crippen LogP contribution in [0, 0.1) is 0 Å². The number of benzene rings is 2. The first-order valence-corrected chi connectivity index (χ1v) is 16.0. The topological polar surface area (TPSA) is 61.3 Å². The first-order valence-electron chi connectivity index (χ1n) is 15.2. The number of halogens is 1. The summed E-state index contributed by atoms with van der Waals surface area (Å²) < 4.78 is 12.2. The third-order valence-electron chi connectivity index (χ3n) is 7.02. The first-order chi connectivity index (χ1) is 19.6. The average Bonchev–Trinajstić information content (AvgIpc) is 2.97. The van der Waals surface area contributed by atoms with Crippen LogP contribution in [0.15, 0.2) is 59.3 Å². The number of unbranched alkanes of at least 4 members (excludes halogenated alkanes) is 11. The molecular formula is C34H45BrN2O3. The van der Waals surface area contributed by atoms with Crippen molar-refractivity contribution in [3.05, 3.63) is 70.5 Å². The SMILES string of the molecule is CCCCCCCCCCc1cnc(-c2ccc(OC(=O)c3ccc(OCCCCCCC)c(Br)c3)cc2)nc1. The van der Waals surface area contributed by atoms with Crippen molar-refractivity contribution in [2.45, 2.75) is 104 Å². The number of aromatic nitrogens is 2. The summed E-state index contributed by atoms with van der Waals surface area (Å²) in [5.41, 5.74) is 2.52. The minimum absolute atomic E-state index is 0.416. The molecule has 0 amide bonds. The Hall–Kier alpha value is -2.73. The second-order valence-electron chi connectivity index (χ2n) is 10.5. The number of carbonyl (C=O) groups is 1. The van der Waals surface area contributed by atoms with Gasteiger partial charge in [0.05, 0.1) is 16.6 Å². The van der Waals surface area contributed by atoms with Gasteiger partial charge >= 0.3 is 5.97 Å². The Morgan fingerprint density at radius 1 is 0.750 bits per heavy atom. The van der Waals surface area contributed by atoms with E-state index in [2.05, 4.69) is 39.7 Å². The first kappa shape index (κ1) is 31.8. The van der Waals surface area contributed by atoms with Gasteiger partial charge < -0.3 is 9.47 Å². The van der Waals surface area contributed by atoms with Gasteiger partial charge in [0.15, 0.2) is 5.82 Å². The van der Waals surface area contributed by atoms with Gasteiger partial charge in [-0.1, -0.05) is 84.5 Å². The number of carbonyl (C=O) groups excluding carboxylic acids is 1. The van der Waals surface area contributed by atoms with Crippen molar-refractivity contribution in [1.29, 1.82) is 0 Å². The van der Waals surface area contributed by atoms with Gasteiger partial charge in [-0.3, -0.25) is 0 Å². The molecule has 5 nitrogen and oxygen atoms in total. The van der Waals surface area contributed by atoms with E-state index in [1.54, 1.807) is 24.3 Å². The quantitative estimate of drug-likeness (QED) is 0.0769. The van der Waals surface area contributed by atoms with Crippen molar-refractivity contribution < 1.29 is 14.3 Å². The van der Waals surface area contributed by atoms with E-state index in [9.17, 15) is 4.79 Å². The van der Waals surface area contributed by atoms with Crippen LogP contribution in [0.25, 0.3) is 11.4 Å². The molecular weight excluding hydrogens is 564 g/mol. The van der Waals surface area contributed by atoms with E-state index < -0.39 is 5.97 Å². The zero-order chi connectivity index (χ0) is 28.4. The Bertz CT molecular complexity index is 1130. The van der Waals surface area contributed by atoms with E-state index in [4.69, 9.17) is 9.47 Å². The van der Waals surface area contributed by atoms with E-state index in [1.165, 1.54) is 82.6 Å². The summed E-state index contributed by atoms with van der Waals surface area (Å²) in [6.45, 7) is 5.14. The molecule has 216 valence electrons. The number of hydrogen-bond donors (Lipinski definition) is 0. The van der Waals surface area contributed by atoms with Crippen LogP contribution in [0.3, 0.4) is 0 Å². The predicted octanol–water partition coefficient (Wildman–Crippen LogP) is 10.2. The summed E-state index contributed by atoms with van der Waals surface area (Å²) in [6.07, 6.45) is 21.3. The average molecular weight is 610 g/mol. The lowest BCUT2D eigenvalue weighted by atomic mass is 10.1. The molecule has 0 saturated carbocycles. The van der Waals surface area contributed by atoms with E-state index in [1.807, 2.05) is 30.6 Å². The molecule has 0 aliphatic heterocycles. The second kappa shape index (κ2) is 18.6. The van der Waals surface area contributed by atoms with E-state index in [0.717, 1.165) is 28.6 Å². The minimum atomic E-state index is -0.416. The number of esters is 1. The lowest BCUT2D eigenvalue weighted by molar-refractivity contribution is 0.0734. The summed E-state index contributed by atoms with van der Waals surface area (Å²) in [6, 6.07) is 12.6. The van der Waals surface area contributed by atoms with Crippen molar-refractivity contribution in [2.75, 3.05) is 6.61 Å². The fraction of sp³-hybridized carbons (Fsp3) is 0.500. The summed E-state index contributed by atoms with van der Waals surface area (Å²) in [5, 5.41) is 0. The van der Waals surface area contributed by atoms with Crippen molar-refractivity contribution in [3.63, 3.8) is 0 Å². The maximum absolute atomic E-state index is 12.7. The van der Waals surface area contributed by atoms with Crippen LogP contribution in [0.5, 0.6) is 11.5 Å². The molecule has 0 atom stereocenters. The van der Waals surface area contributed by atoms with Crippen molar-refractivity contribution in [1.82, 2.24) is 9.97 Å². The van der Waals surface area contributed by atoms with Crippen LogP contribution >= 0.6 is 15.9 Å². The van der Waals surface area contributed by atoms with Gasteiger partial charge in [-0.15, -0.1) is 0 Å². The molecule has 3 rings (SSSR count). The summed E-state index contributed by atoms with van der Waals surface area (Å²) in [5.74, 6) is 1.47. The minimum Gasteiger partial charge on any atom is -0.492 e. The summed E-state index contributed by atoms with van der Waals surface area (Å²) >= 11 is 3.52. The maximum atomic E-state index is 12.7. The largest absolute Gasteiger partial charge is 0.492 e. The van der Waals surface area contributed by atoms with Crippen LogP contribution in [0.2, 0.25) is 0 Å². The molecule has 1 aromatic heterocycles. The van der Waals surface area contributed by atoms with Crippen LogP contribution in [0.4, 0.5) is 0 Å². The smallest absolute Gasteiger partial charge is 0.343 e. The molecule has 0 aliphatic rings. The zero-order valence-corrected chi connectivity index (χ0v) is 25.9. The van der Waals surface area contributed by atoms with E-state index >= 15 is 0 Å². The van der Waals surface area contributed by atoms with Crippen molar-refractivity contribution in [3.8, 4) is 22.9 Å². The molecule has 3 aromatic rings. The van der Waals surface area contributed by atoms with Crippen LogP contribution in [-0.2, 0) is 6.42 Å². The Balaban J connectivity index is 1.42. The Labute approximate surface area is 249 Å². The molecule has 6 heteroatoms. The Morgan fingerprint density at radius 3 is 1.98 bits per heavy atom. The van der Waals surface area contributed by atoms with E-state index in [0.29, 0.717) is 23.7 Å². The van der Waals surface area contributed by atoms with Crippen LogP contribution < -0.4 is 9.47 Å². The molecule has 1 heterocycles. The molecule has 40 heavy (non-hydrogen) atoms. The second-order valence-corrected chi connectivity index (χ2v) is 11.3. The Morgan fingerprint density at radius 2 is 1.35 bits per heavy atom. The van der Waals surface area contributed by atoms with Crippen LogP contribution in [0.1, 0.15) is 113 Å². The Kier molecular flexibility index (Phi) is 14.8. The molecule has 0 aliphatic carbocycles. The lowest BCUT2D eigenvalue weighted by Gasteiger charge is -2.10. The van der Waals surface area contributed by atoms with Gasteiger partial charge in [0.1, 0.15) is 11.5 Å². The summed E-state index contributed by atoms with van der Waals surface area (Å²) in [7, 11) is 0. The molecule has 2 aromatic carbocycles. The molecule has 0 radical (unpaired) electrons. The monoisotopic (exact) mass is 608 g/mol. The normalized spacial score (nSPS) is 11.0. The van der Waals surface area contributed by atoms with Gasteiger partial charge in [-0.2, -0.15) is 0 Å². The molecule has 0 unspecified atom stereocenters. The predicted molar refractivity (Wildman–Crippen MR) is 167 cm³/mol. The van der Waals surface area contributed by atoms with Crippen molar-refractivity contribution in [2.24, 2.45) is 0 Å². The van der Waals surface area contributed by atoms with Gasteiger partial charge in [-0.25, -0.2) is 14.8 Å². The molecule has 0 spiro atoms. The highest BCUT2D eigenvalue weighted by Gasteiger charge is 2.12. The van der Waals surface area contributed by atoms with Gasteiger partial charge in [0, 0.05) is 18.0 Å². The highest BCUT2D eigenvalue weighted by Crippen LogP contribution is 2.27. The highest BCUT2D eigenvalue weighted by atomic mass is 79.9. The summed E-state index contributed by atoms with van der Waals surface area (Å²) in [4.78, 5) is 21.8. The standard InChI is InChI=1S/C34H45BrN2O3/c1-3-5-7-9-10-11-12-14-16-27-25-36-33(37-26-27)28-17-20-30(21-18-28)40-34(38)29-19-22-32(31(35)24-29)39-23-15-13-8-6-4-2/h17-22,24-26H,3-16,23H2,1-2H3.